The van der Waals surface area contributed by atoms with Gasteiger partial charge < -0.3 is 10.4 Å². The third-order valence-electron chi connectivity index (χ3n) is 2.77. The molecule has 2 amide bonds. The number of hydrogen-bond acceptors (Lipinski definition) is 4. The third kappa shape index (κ3) is 4.45. The normalized spacial score (nSPS) is 10.4. The van der Waals surface area contributed by atoms with Gasteiger partial charge in [0, 0.05) is 5.69 Å². The molecule has 6 nitrogen and oxygen atoms in total. The van der Waals surface area contributed by atoms with E-state index < -0.39 is 11.8 Å². The number of rotatable bonds is 3. The van der Waals surface area contributed by atoms with Gasteiger partial charge in [-0.25, -0.2) is 5.43 Å². The molecule has 3 N–H and O–H groups in total. The van der Waals surface area contributed by atoms with Gasteiger partial charge in [0.25, 0.3) is 0 Å². The fourth-order valence-electron chi connectivity index (χ4n) is 1.65. The van der Waals surface area contributed by atoms with Gasteiger partial charge in [-0.2, -0.15) is 5.10 Å². The minimum atomic E-state index is -0.878. The van der Waals surface area contributed by atoms with Crippen LogP contribution in [0.1, 0.15) is 11.1 Å². The van der Waals surface area contributed by atoms with E-state index in [4.69, 9.17) is 0 Å². The van der Waals surface area contributed by atoms with Gasteiger partial charge in [-0.05, 0) is 36.8 Å². The summed E-state index contributed by atoms with van der Waals surface area (Å²) >= 11 is 0. The molecule has 112 valence electrons. The second-order valence-corrected chi connectivity index (χ2v) is 4.61. The van der Waals surface area contributed by atoms with Crippen LogP contribution < -0.4 is 10.7 Å². The van der Waals surface area contributed by atoms with Crippen molar-refractivity contribution in [2.75, 3.05) is 5.32 Å². The minimum Gasteiger partial charge on any atom is -0.508 e. The quantitative estimate of drug-likeness (QED) is 0.458. The molecule has 0 unspecified atom stereocenters. The molecule has 0 aliphatic heterocycles. The average molecular weight is 297 g/mol. The number of benzene rings is 2. The first kappa shape index (κ1) is 15.2. The monoisotopic (exact) mass is 297 g/mol. The molecule has 0 radical (unpaired) electrons. The summed E-state index contributed by atoms with van der Waals surface area (Å²) in [5, 5.41) is 15.4. The number of amides is 2. The number of aromatic hydroxyl groups is 1. The van der Waals surface area contributed by atoms with E-state index in [1.807, 2.05) is 19.1 Å². The largest absolute Gasteiger partial charge is 0.508 e. The van der Waals surface area contributed by atoms with Gasteiger partial charge in [0.2, 0.25) is 0 Å². The van der Waals surface area contributed by atoms with E-state index in [1.54, 1.807) is 24.3 Å². The van der Waals surface area contributed by atoms with Crippen molar-refractivity contribution < 1.29 is 14.7 Å². The summed E-state index contributed by atoms with van der Waals surface area (Å²) in [5.41, 5.74) is 4.30. The zero-order chi connectivity index (χ0) is 15.9. The van der Waals surface area contributed by atoms with Gasteiger partial charge in [0.05, 0.1) is 6.21 Å². The maximum Gasteiger partial charge on any atom is 0.329 e. The number of aryl methyl sites for hydroxylation is 1. The molecule has 0 saturated carbocycles. The lowest BCUT2D eigenvalue weighted by molar-refractivity contribution is -0.136. The predicted octanol–water partition coefficient (Wildman–Crippen LogP) is 1.79. The SMILES string of the molecule is Cc1ccc(NC(=O)C(=O)N/N=C\c2cccc(O)c2)cc1. The molecule has 0 fully saturated rings. The van der Waals surface area contributed by atoms with Gasteiger partial charge in [-0.1, -0.05) is 29.8 Å². The van der Waals surface area contributed by atoms with Crippen LogP contribution in [0.25, 0.3) is 0 Å². The maximum atomic E-state index is 11.7. The Labute approximate surface area is 127 Å². The second-order valence-electron chi connectivity index (χ2n) is 4.61. The number of nitrogens with zero attached hydrogens (tertiary/aromatic N) is 1. The van der Waals surface area contributed by atoms with E-state index in [9.17, 15) is 14.7 Å². The van der Waals surface area contributed by atoms with Gasteiger partial charge >= 0.3 is 11.8 Å². The number of carbonyl (C=O) groups excluding carboxylic acids is 2. The highest BCUT2D eigenvalue weighted by molar-refractivity contribution is 6.39. The zero-order valence-electron chi connectivity index (χ0n) is 11.9. The molecular formula is C16H15N3O3. The highest BCUT2D eigenvalue weighted by atomic mass is 16.3. The van der Waals surface area contributed by atoms with Crippen molar-refractivity contribution in [2.24, 2.45) is 5.10 Å². The second kappa shape index (κ2) is 7.03. The Morgan fingerprint density at radius 1 is 1.09 bits per heavy atom. The molecule has 0 aliphatic carbocycles. The van der Waals surface area contributed by atoms with Crippen LogP contribution in [0.5, 0.6) is 5.75 Å². The van der Waals surface area contributed by atoms with Crippen LogP contribution in [0.4, 0.5) is 5.69 Å². The number of anilines is 1. The lowest BCUT2D eigenvalue weighted by atomic mass is 10.2. The Morgan fingerprint density at radius 2 is 1.82 bits per heavy atom. The van der Waals surface area contributed by atoms with E-state index in [1.165, 1.54) is 18.3 Å². The highest BCUT2D eigenvalue weighted by Crippen LogP contribution is 2.09. The fraction of sp³-hybridized carbons (Fsp3) is 0.0625. The molecule has 0 heterocycles. The van der Waals surface area contributed by atoms with E-state index in [0.29, 0.717) is 11.3 Å². The predicted molar refractivity (Wildman–Crippen MR) is 83.7 cm³/mol. The molecule has 2 aromatic rings. The van der Waals surface area contributed by atoms with Crippen LogP contribution >= 0.6 is 0 Å². The number of phenols is 1. The number of hydrazone groups is 1. The van der Waals surface area contributed by atoms with Crippen molar-refractivity contribution in [1.82, 2.24) is 5.43 Å². The van der Waals surface area contributed by atoms with Gasteiger partial charge in [-0.3, -0.25) is 9.59 Å². The highest BCUT2D eigenvalue weighted by Gasteiger charge is 2.12. The summed E-state index contributed by atoms with van der Waals surface area (Å²) in [6.07, 6.45) is 1.33. The summed E-state index contributed by atoms with van der Waals surface area (Å²) in [6, 6.07) is 13.4. The molecule has 6 heteroatoms. The van der Waals surface area contributed by atoms with Crippen molar-refractivity contribution in [1.29, 1.82) is 0 Å². The van der Waals surface area contributed by atoms with Crippen molar-refractivity contribution in [3.05, 3.63) is 59.7 Å². The Kier molecular flexibility index (Phi) is 4.87. The van der Waals surface area contributed by atoms with Crippen molar-refractivity contribution in [3.8, 4) is 5.75 Å². The lowest BCUT2D eigenvalue weighted by Crippen LogP contribution is -2.32. The molecule has 0 spiro atoms. The molecule has 0 bridgehead atoms. The molecule has 0 atom stereocenters. The number of carbonyl (C=O) groups is 2. The lowest BCUT2D eigenvalue weighted by Gasteiger charge is -2.04. The summed E-state index contributed by atoms with van der Waals surface area (Å²) < 4.78 is 0. The van der Waals surface area contributed by atoms with Crippen molar-refractivity contribution >= 4 is 23.7 Å². The fourth-order valence-corrected chi connectivity index (χ4v) is 1.65. The van der Waals surface area contributed by atoms with Crippen LogP contribution in [0.3, 0.4) is 0 Å². The average Bonchev–Trinajstić information content (AvgIpc) is 2.49. The molecule has 0 saturated heterocycles. The zero-order valence-corrected chi connectivity index (χ0v) is 11.9. The standard InChI is InChI=1S/C16H15N3O3/c1-11-5-7-13(8-6-11)18-15(21)16(22)19-17-10-12-3-2-4-14(20)9-12/h2-10,20H,1H3,(H,18,21)(H,19,22)/b17-10-. The van der Waals surface area contributed by atoms with Crippen LogP contribution in [0.2, 0.25) is 0 Å². The minimum absolute atomic E-state index is 0.0902. The number of nitrogens with one attached hydrogen (secondary N) is 2. The van der Waals surface area contributed by atoms with Gasteiger partial charge in [0.15, 0.2) is 0 Å². The van der Waals surface area contributed by atoms with E-state index in [0.717, 1.165) is 5.56 Å². The third-order valence-corrected chi connectivity index (χ3v) is 2.77. The molecule has 2 rings (SSSR count). The van der Waals surface area contributed by atoms with Crippen molar-refractivity contribution in [3.63, 3.8) is 0 Å². The first-order valence-electron chi connectivity index (χ1n) is 6.55. The van der Waals surface area contributed by atoms with Crippen LogP contribution in [-0.4, -0.2) is 23.1 Å². The smallest absolute Gasteiger partial charge is 0.329 e. The Morgan fingerprint density at radius 3 is 2.50 bits per heavy atom. The Hall–Kier alpha value is -3.15. The molecule has 22 heavy (non-hydrogen) atoms. The summed E-state index contributed by atoms with van der Waals surface area (Å²) in [5.74, 6) is -1.60. The maximum absolute atomic E-state index is 11.7. The van der Waals surface area contributed by atoms with Crippen LogP contribution in [0, 0.1) is 6.92 Å². The van der Waals surface area contributed by atoms with E-state index >= 15 is 0 Å². The van der Waals surface area contributed by atoms with Gasteiger partial charge in [0.1, 0.15) is 5.75 Å². The molecule has 2 aromatic carbocycles. The summed E-state index contributed by atoms with van der Waals surface area (Å²) in [7, 11) is 0. The van der Waals surface area contributed by atoms with E-state index in [2.05, 4.69) is 15.8 Å². The van der Waals surface area contributed by atoms with Crippen LogP contribution in [0.15, 0.2) is 53.6 Å². The topological polar surface area (TPSA) is 90.8 Å². The Balaban J connectivity index is 1.89. The van der Waals surface area contributed by atoms with Gasteiger partial charge in [-0.15, -0.1) is 0 Å². The van der Waals surface area contributed by atoms with Crippen LogP contribution in [-0.2, 0) is 9.59 Å². The number of phenolic OH excluding ortho intramolecular Hbond substituents is 1. The molecular weight excluding hydrogens is 282 g/mol. The summed E-state index contributed by atoms with van der Waals surface area (Å²) in [4.78, 5) is 23.2. The molecule has 0 aromatic heterocycles. The Bertz CT molecular complexity index is 709. The van der Waals surface area contributed by atoms with Crippen molar-refractivity contribution in [2.45, 2.75) is 6.92 Å². The van der Waals surface area contributed by atoms with E-state index in [-0.39, 0.29) is 5.75 Å². The summed E-state index contributed by atoms with van der Waals surface area (Å²) in [6.45, 7) is 1.93. The first-order chi connectivity index (χ1) is 10.5. The molecule has 0 aliphatic rings. The first-order valence-corrected chi connectivity index (χ1v) is 6.55. The number of hydrogen-bond donors (Lipinski definition) is 3.